The third kappa shape index (κ3) is 5.07. The van der Waals surface area contributed by atoms with Crippen LogP contribution >= 0.6 is 0 Å². The number of rotatable bonds is 5. The van der Waals surface area contributed by atoms with Crippen LogP contribution in [0, 0.1) is 11.8 Å². The quantitative estimate of drug-likeness (QED) is 0.569. The van der Waals surface area contributed by atoms with Crippen LogP contribution in [0.25, 0.3) is 11.1 Å². The van der Waals surface area contributed by atoms with Crippen molar-refractivity contribution in [3.05, 3.63) is 77.7 Å². The molecule has 3 rings (SSSR count). The average molecular weight is 400 g/mol. The Morgan fingerprint density at radius 3 is 2.53 bits per heavy atom. The highest BCUT2D eigenvalue weighted by molar-refractivity contribution is 5.94. The molecule has 0 fully saturated rings. The molecule has 7 heteroatoms. The number of carboxylic acid groups (broad SMARTS) is 1. The number of carbonyl (C=O) groups excluding carboxylic acids is 1. The number of benzene rings is 1. The van der Waals surface area contributed by atoms with E-state index in [0.717, 1.165) is 5.56 Å². The number of aromatic nitrogens is 2. The number of hydrogen-bond donors (Lipinski definition) is 3. The summed E-state index contributed by atoms with van der Waals surface area (Å²) in [6, 6.07) is 13.9. The van der Waals surface area contributed by atoms with E-state index < -0.39 is 5.97 Å². The van der Waals surface area contributed by atoms with E-state index in [2.05, 4.69) is 32.4 Å². The van der Waals surface area contributed by atoms with E-state index >= 15 is 0 Å². The largest absolute Gasteiger partial charge is 0.478 e. The molecule has 0 aliphatic carbocycles. The van der Waals surface area contributed by atoms with Crippen LogP contribution in [0.5, 0.6) is 0 Å². The molecule has 0 aliphatic heterocycles. The molecule has 0 spiro atoms. The van der Waals surface area contributed by atoms with Crippen LogP contribution in [-0.2, 0) is 4.79 Å². The standard InChI is InChI=1S/C23H20N4O3/c1-15(24-2)22(28)27-21-11-9-19(17-12-18(23(29)30)14-25-13-17)20(26-21)10-8-16-6-4-3-5-7-16/h3-7,9,11-15,24H,1-2H3,(H,29,30)(H,26,27,28). The van der Waals surface area contributed by atoms with Crippen LogP contribution in [0.3, 0.4) is 0 Å². The number of nitrogens with zero attached hydrogens (tertiary/aromatic N) is 2. The molecule has 2 heterocycles. The molecule has 0 saturated heterocycles. The molecule has 0 radical (unpaired) electrons. The number of aromatic carboxylic acids is 1. The van der Waals surface area contributed by atoms with Gasteiger partial charge < -0.3 is 15.7 Å². The number of pyridine rings is 2. The predicted molar refractivity (Wildman–Crippen MR) is 114 cm³/mol. The van der Waals surface area contributed by atoms with Crippen molar-refractivity contribution in [1.29, 1.82) is 0 Å². The number of carbonyl (C=O) groups is 2. The number of anilines is 1. The summed E-state index contributed by atoms with van der Waals surface area (Å²) in [6.07, 6.45) is 2.83. The minimum Gasteiger partial charge on any atom is -0.478 e. The summed E-state index contributed by atoms with van der Waals surface area (Å²) in [5.74, 6) is 5.13. The van der Waals surface area contributed by atoms with E-state index in [1.165, 1.54) is 12.3 Å². The highest BCUT2D eigenvalue weighted by Crippen LogP contribution is 2.24. The second-order valence-electron chi connectivity index (χ2n) is 6.48. The van der Waals surface area contributed by atoms with Crippen LogP contribution in [0.2, 0.25) is 0 Å². The predicted octanol–water partition coefficient (Wildman–Crippen LogP) is 2.79. The summed E-state index contributed by atoms with van der Waals surface area (Å²) in [4.78, 5) is 32.0. The smallest absolute Gasteiger partial charge is 0.337 e. The van der Waals surface area contributed by atoms with Crippen molar-refractivity contribution in [3.63, 3.8) is 0 Å². The lowest BCUT2D eigenvalue weighted by Crippen LogP contribution is -2.35. The molecule has 3 aromatic rings. The Labute approximate surface area is 174 Å². The second-order valence-corrected chi connectivity index (χ2v) is 6.48. The van der Waals surface area contributed by atoms with E-state index in [1.807, 2.05) is 30.3 Å². The number of hydrogen-bond acceptors (Lipinski definition) is 5. The first kappa shape index (κ1) is 20.7. The monoisotopic (exact) mass is 400 g/mol. The van der Waals surface area contributed by atoms with Crippen LogP contribution in [-0.4, -0.2) is 40.0 Å². The fraction of sp³-hybridized carbons (Fsp3) is 0.130. The van der Waals surface area contributed by atoms with Crippen LogP contribution in [0.1, 0.15) is 28.5 Å². The third-order valence-corrected chi connectivity index (χ3v) is 4.37. The topological polar surface area (TPSA) is 104 Å². The maximum atomic E-state index is 12.2. The molecule has 0 bridgehead atoms. The molecule has 0 aliphatic rings. The van der Waals surface area contributed by atoms with Gasteiger partial charge in [0.2, 0.25) is 5.91 Å². The van der Waals surface area contributed by atoms with Gasteiger partial charge in [0.25, 0.3) is 0 Å². The zero-order valence-corrected chi connectivity index (χ0v) is 16.5. The molecule has 7 nitrogen and oxygen atoms in total. The van der Waals surface area contributed by atoms with Gasteiger partial charge in [-0.25, -0.2) is 9.78 Å². The molecular formula is C23H20N4O3. The molecule has 1 unspecified atom stereocenters. The van der Waals surface area contributed by atoms with Crippen LogP contribution in [0.15, 0.2) is 60.9 Å². The summed E-state index contributed by atoms with van der Waals surface area (Å²) in [5.41, 5.74) is 2.46. The van der Waals surface area contributed by atoms with Crippen molar-refractivity contribution in [3.8, 4) is 23.0 Å². The van der Waals surface area contributed by atoms with Crippen molar-refractivity contribution >= 4 is 17.7 Å². The Hall–Kier alpha value is -4.02. The Bertz CT molecular complexity index is 1130. The number of carboxylic acids is 1. The second kappa shape index (κ2) is 9.45. The average Bonchev–Trinajstić information content (AvgIpc) is 2.78. The van der Waals surface area contributed by atoms with Crippen LogP contribution < -0.4 is 10.6 Å². The molecule has 1 atom stereocenters. The summed E-state index contributed by atoms with van der Waals surface area (Å²) in [5, 5.41) is 14.9. The SMILES string of the molecule is CNC(C)C(=O)Nc1ccc(-c2cncc(C(=O)O)c2)c(C#Cc2ccccc2)n1. The summed E-state index contributed by atoms with van der Waals surface area (Å²) in [6.45, 7) is 1.74. The van der Waals surface area contributed by atoms with E-state index in [4.69, 9.17) is 0 Å². The minimum atomic E-state index is -1.07. The molecule has 3 N–H and O–H groups in total. The van der Waals surface area contributed by atoms with E-state index in [-0.39, 0.29) is 17.5 Å². The number of nitrogens with one attached hydrogen (secondary N) is 2. The van der Waals surface area contributed by atoms with Gasteiger partial charge in [-0.15, -0.1) is 0 Å². The van der Waals surface area contributed by atoms with Crippen LogP contribution in [0.4, 0.5) is 5.82 Å². The molecule has 2 aromatic heterocycles. The van der Waals surface area contributed by atoms with Crippen molar-refractivity contribution < 1.29 is 14.7 Å². The van der Waals surface area contributed by atoms with E-state index in [9.17, 15) is 14.7 Å². The van der Waals surface area contributed by atoms with Gasteiger partial charge >= 0.3 is 5.97 Å². The first-order chi connectivity index (χ1) is 14.5. The van der Waals surface area contributed by atoms with Gasteiger partial charge in [0, 0.05) is 29.1 Å². The normalized spacial score (nSPS) is 11.1. The number of amides is 1. The molecular weight excluding hydrogens is 380 g/mol. The highest BCUT2D eigenvalue weighted by Gasteiger charge is 2.14. The van der Waals surface area contributed by atoms with Gasteiger partial charge in [-0.1, -0.05) is 24.1 Å². The number of likely N-dealkylation sites (N-methyl/N-ethyl adjacent to an activating group) is 1. The Balaban J connectivity index is 2.05. The fourth-order valence-corrected chi connectivity index (χ4v) is 2.58. The summed E-state index contributed by atoms with van der Waals surface area (Å²) >= 11 is 0. The van der Waals surface area contributed by atoms with Gasteiger partial charge in [-0.2, -0.15) is 0 Å². The maximum absolute atomic E-state index is 12.2. The molecule has 1 amide bonds. The Kier molecular flexibility index (Phi) is 6.53. The summed E-state index contributed by atoms with van der Waals surface area (Å²) in [7, 11) is 1.69. The lowest BCUT2D eigenvalue weighted by atomic mass is 10.0. The molecule has 0 saturated carbocycles. The van der Waals surface area contributed by atoms with E-state index in [0.29, 0.717) is 22.6 Å². The van der Waals surface area contributed by atoms with Gasteiger partial charge in [0.05, 0.1) is 11.6 Å². The van der Waals surface area contributed by atoms with Crippen molar-refractivity contribution in [2.24, 2.45) is 0 Å². The van der Waals surface area contributed by atoms with Gasteiger partial charge in [0.15, 0.2) is 0 Å². The minimum absolute atomic E-state index is 0.0645. The summed E-state index contributed by atoms with van der Waals surface area (Å²) < 4.78 is 0. The first-order valence-electron chi connectivity index (χ1n) is 9.23. The lowest BCUT2D eigenvalue weighted by molar-refractivity contribution is -0.117. The zero-order chi connectivity index (χ0) is 21.5. The van der Waals surface area contributed by atoms with Crippen molar-refractivity contribution in [2.75, 3.05) is 12.4 Å². The molecule has 150 valence electrons. The fourth-order valence-electron chi connectivity index (χ4n) is 2.58. The third-order valence-electron chi connectivity index (χ3n) is 4.37. The molecule has 1 aromatic carbocycles. The zero-order valence-electron chi connectivity index (χ0n) is 16.5. The lowest BCUT2D eigenvalue weighted by Gasteiger charge is -2.12. The first-order valence-corrected chi connectivity index (χ1v) is 9.23. The highest BCUT2D eigenvalue weighted by atomic mass is 16.4. The van der Waals surface area contributed by atoms with Gasteiger partial charge in [-0.3, -0.25) is 9.78 Å². The van der Waals surface area contributed by atoms with Crippen molar-refractivity contribution in [2.45, 2.75) is 13.0 Å². The van der Waals surface area contributed by atoms with Crippen molar-refractivity contribution in [1.82, 2.24) is 15.3 Å². The van der Waals surface area contributed by atoms with Gasteiger partial charge in [-0.05, 0) is 50.2 Å². The Morgan fingerprint density at radius 1 is 1.07 bits per heavy atom. The van der Waals surface area contributed by atoms with Gasteiger partial charge in [0.1, 0.15) is 11.5 Å². The Morgan fingerprint density at radius 2 is 1.83 bits per heavy atom. The molecule has 30 heavy (non-hydrogen) atoms. The maximum Gasteiger partial charge on any atom is 0.337 e. The van der Waals surface area contributed by atoms with E-state index in [1.54, 1.807) is 32.3 Å².